The van der Waals surface area contributed by atoms with Gasteiger partial charge in [0.05, 0.1) is 15.8 Å². The standard InChI is InChI=1S/C11H7Br2ClO2/c12-7-3-1-2-6(9(7)14)10(15)11-8(13)4-5-16-11/h1-5,10,15H. The molecule has 0 radical (unpaired) electrons. The van der Waals surface area contributed by atoms with Gasteiger partial charge in [-0.2, -0.15) is 0 Å². The monoisotopic (exact) mass is 364 g/mol. The van der Waals surface area contributed by atoms with Gasteiger partial charge in [0.25, 0.3) is 0 Å². The molecule has 0 saturated carbocycles. The number of aliphatic hydroxyl groups excluding tert-OH is 1. The van der Waals surface area contributed by atoms with E-state index in [9.17, 15) is 5.11 Å². The van der Waals surface area contributed by atoms with E-state index >= 15 is 0 Å². The number of furan rings is 1. The summed E-state index contributed by atoms with van der Waals surface area (Å²) in [5, 5.41) is 10.6. The Kier molecular flexibility index (Phi) is 3.74. The van der Waals surface area contributed by atoms with E-state index in [2.05, 4.69) is 31.9 Å². The van der Waals surface area contributed by atoms with Gasteiger partial charge in [-0.05, 0) is 44.0 Å². The fraction of sp³-hybridized carbons (Fsp3) is 0.0909. The van der Waals surface area contributed by atoms with Crippen LogP contribution in [0, 0.1) is 0 Å². The predicted octanol–water partition coefficient (Wildman–Crippen LogP) is 4.54. The molecular weight excluding hydrogens is 359 g/mol. The molecule has 2 aromatic rings. The van der Waals surface area contributed by atoms with Crippen LogP contribution in [0.2, 0.25) is 5.02 Å². The van der Waals surface area contributed by atoms with Crippen molar-refractivity contribution < 1.29 is 9.52 Å². The molecule has 1 aromatic heterocycles. The fourth-order valence-electron chi connectivity index (χ4n) is 1.37. The first-order valence-corrected chi connectivity index (χ1v) is 6.42. The average molecular weight is 366 g/mol. The lowest BCUT2D eigenvalue weighted by atomic mass is 10.1. The molecule has 1 aromatic carbocycles. The molecule has 2 nitrogen and oxygen atoms in total. The maximum atomic E-state index is 10.1. The van der Waals surface area contributed by atoms with Crippen molar-refractivity contribution in [3.8, 4) is 0 Å². The zero-order chi connectivity index (χ0) is 11.7. The molecule has 0 aliphatic carbocycles. The zero-order valence-corrected chi connectivity index (χ0v) is 11.9. The quantitative estimate of drug-likeness (QED) is 0.847. The van der Waals surface area contributed by atoms with Crippen molar-refractivity contribution in [1.82, 2.24) is 0 Å². The summed E-state index contributed by atoms with van der Waals surface area (Å²) in [5.41, 5.74) is 0.603. The number of aliphatic hydroxyl groups is 1. The van der Waals surface area contributed by atoms with Gasteiger partial charge in [-0.15, -0.1) is 0 Å². The Balaban J connectivity index is 2.46. The first kappa shape index (κ1) is 12.2. The Bertz CT molecular complexity index is 510. The minimum absolute atomic E-state index is 0.444. The first-order valence-electron chi connectivity index (χ1n) is 4.46. The lowest BCUT2D eigenvalue weighted by Crippen LogP contribution is -2.00. The molecule has 0 saturated heterocycles. The SMILES string of the molecule is OC(c1cccc(Br)c1Cl)c1occc1Br. The van der Waals surface area contributed by atoms with Gasteiger partial charge in [0.15, 0.2) is 5.76 Å². The molecule has 1 atom stereocenters. The van der Waals surface area contributed by atoms with Gasteiger partial charge in [0.1, 0.15) is 6.10 Å². The van der Waals surface area contributed by atoms with E-state index in [-0.39, 0.29) is 0 Å². The third-order valence-electron chi connectivity index (χ3n) is 2.17. The zero-order valence-electron chi connectivity index (χ0n) is 7.95. The van der Waals surface area contributed by atoms with Gasteiger partial charge in [0, 0.05) is 10.0 Å². The molecule has 1 unspecified atom stereocenters. The minimum atomic E-state index is -0.880. The highest BCUT2D eigenvalue weighted by molar-refractivity contribution is 9.10. The van der Waals surface area contributed by atoms with E-state index in [0.29, 0.717) is 16.3 Å². The summed E-state index contributed by atoms with van der Waals surface area (Å²) < 4.78 is 6.67. The lowest BCUT2D eigenvalue weighted by Gasteiger charge is -2.11. The Morgan fingerprint density at radius 3 is 2.56 bits per heavy atom. The highest BCUT2D eigenvalue weighted by Gasteiger charge is 2.20. The van der Waals surface area contributed by atoms with Gasteiger partial charge >= 0.3 is 0 Å². The molecule has 5 heteroatoms. The van der Waals surface area contributed by atoms with E-state index < -0.39 is 6.10 Å². The fourth-order valence-corrected chi connectivity index (χ4v) is 2.40. The summed E-state index contributed by atoms with van der Waals surface area (Å²) in [5.74, 6) is 0.444. The van der Waals surface area contributed by atoms with Crippen LogP contribution in [0.3, 0.4) is 0 Å². The average Bonchev–Trinajstić information content (AvgIpc) is 2.68. The molecule has 84 valence electrons. The second kappa shape index (κ2) is 4.92. The molecule has 1 heterocycles. The van der Waals surface area contributed by atoms with E-state index in [1.165, 1.54) is 6.26 Å². The van der Waals surface area contributed by atoms with E-state index in [0.717, 1.165) is 8.95 Å². The third-order valence-corrected chi connectivity index (χ3v) is 4.14. The summed E-state index contributed by atoms with van der Waals surface area (Å²) in [6, 6.07) is 7.11. The number of benzene rings is 1. The molecule has 0 aliphatic rings. The topological polar surface area (TPSA) is 33.4 Å². The Hall–Kier alpha value is -0.290. The second-order valence-corrected chi connectivity index (χ2v) is 5.27. The minimum Gasteiger partial charge on any atom is -0.465 e. The molecule has 0 spiro atoms. The van der Waals surface area contributed by atoms with Crippen molar-refractivity contribution in [1.29, 1.82) is 0 Å². The van der Waals surface area contributed by atoms with Gasteiger partial charge in [-0.1, -0.05) is 23.7 Å². The summed E-state index contributed by atoms with van der Waals surface area (Å²) in [4.78, 5) is 0. The first-order chi connectivity index (χ1) is 7.61. The molecule has 0 fully saturated rings. The van der Waals surface area contributed by atoms with Gasteiger partial charge < -0.3 is 9.52 Å². The van der Waals surface area contributed by atoms with Crippen molar-refractivity contribution in [2.24, 2.45) is 0 Å². The predicted molar refractivity (Wildman–Crippen MR) is 69.6 cm³/mol. The maximum Gasteiger partial charge on any atom is 0.151 e. The van der Waals surface area contributed by atoms with Crippen LogP contribution in [-0.4, -0.2) is 5.11 Å². The van der Waals surface area contributed by atoms with Crippen LogP contribution < -0.4 is 0 Å². The normalized spacial score (nSPS) is 12.8. The largest absolute Gasteiger partial charge is 0.465 e. The van der Waals surface area contributed by atoms with Crippen molar-refractivity contribution in [3.63, 3.8) is 0 Å². The smallest absolute Gasteiger partial charge is 0.151 e. The summed E-state index contributed by atoms with van der Waals surface area (Å²) in [6.45, 7) is 0. The summed E-state index contributed by atoms with van der Waals surface area (Å²) in [7, 11) is 0. The summed E-state index contributed by atoms with van der Waals surface area (Å²) in [6.07, 6.45) is 0.628. The van der Waals surface area contributed by atoms with Crippen LogP contribution in [0.15, 0.2) is 43.9 Å². The van der Waals surface area contributed by atoms with Crippen LogP contribution in [0.4, 0.5) is 0 Å². The molecule has 0 bridgehead atoms. The van der Waals surface area contributed by atoms with Gasteiger partial charge in [-0.25, -0.2) is 0 Å². The van der Waals surface area contributed by atoms with Crippen LogP contribution in [0.5, 0.6) is 0 Å². The maximum absolute atomic E-state index is 10.1. The van der Waals surface area contributed by atoms with E-state index in [1.54, 1.807) is 12.1 Å². The molecule has 0 amide bonds. The van der Waals surface area contributed by atoms with Crippen molar-refractivity contribution >= 4 is 43.5 Å². The molecule has 0 aliphatic heterocycles. The molecule has 1 N–H and O–H groups in total. The van der Waals surface area contributed by atoms with E-state index in [1.807, 2.05) is 12.1 Å². The summed E-state index contributed by atoms with van der Waals surface area (Å²) >= 11 is 12.7. The lowest BCUT2D eigenvalue weighted by molar-refractivity contribution is 0.188. The number of hydrogen-bond donors (Lipinski definition) is 1. The highest BCUT2D eigenvalue weighted by atomic mass is 79.9. The second-order valence-electron chi connectivity index (χ2n) is 3.18. The number of rotatable bonds is 2. The van der Waals surface area contributed by atoms with Gasteiger partial charge in [0.2, 0.25) is 0 Å². The number of hydrogen-bond acceptors (Lipinski definition) is 2. The van der Waals surface area contributed by atoms with Crippen LogP contribution in [0.1, 0.15) is 17.4 Å². The van der Waals surface area contributed by atoms with Crippen LogP contribution in [-0.2, 0) is 0 Å². The Morgan fingerprint density at radius 2 is 1.94 bits per heavy atom. The number of halogens is 3. The van der Waals surface area contributed by atoms with E-state index in [4.69, 9.17) is 16.0 Å². The van der Waals surface area contributed by atoms with Gasteiger partial charge in [-0.3, -0.25) is 0 Å². The highest BCUT2D eigenvalue weighted by Crippen LogP contribution is 2.35. The molecule has 2 rings (SSSR count). The Labute approximate surface area is 114 Å². The Morgan fingerprint density at radius 1 is 1.19 bits per heavy atom. The third kappa shape index (κ3) is 2.20. The van der Waals surface area contributed by atoms with Crippen molar-refractivity contribution in [2.75, 3.05) is 0 Å². The van der Waals surface area contributed by atoms with Crippen LogP contribution >= 0.6 is 43.5 Å². The van der Waals surface area contributed by atoms with Crippen LogP contribution in [0.25, 0.3) is 0 Å². The van der Waals surface area contributed by atoms with Crippen molar-refractivity contribution in [2.45, 2.75) is 6.10 Å². The molecular formula is C11H7Br2ClO2. The van der Waals surface area contributed by atoms with Crippen molar-refractivity contribution in [3.05, 3.63) is 55.8 Å². The molecule has 16 heavy (non-hydrogen) atoms.